The van der Waals surface area contributed by atoms with E-state index in [4.69, 9.17) is 11.6 Å². The first-order valence-corrected chi connectivity index (χ1v) is 9.38. The van der Waals surface area contributed by atoms with E-state index < -0.39 is 6.04 Å². The number of amides is 1. The SMILES string of the molecule is Cc1cc(C)n(-c2ccc(=O)n(C(C)C(=O)NCCc3ccc(Cl)cc3)n2)n1. The van der Waals surface area contributed by atoms with Crippen LogP contribution >= 0.6 is 11.6 Å². The highest BCUT2D eigenvalue weighted by atomic mass is 35.5. The minimum atomic E-state index is -0.741. The Kier molecular flexibility index (Phi) is 5.94. The van der Waals surface area contributed by atoms with Crippen LogP contribution < -0.4 is 10.9 Å². The lowest BCUT2D eigenvalue weighted by molar-refractivity contribution is -0.124. The number of carbonyl (C=O) groups is 1. The van der Waals surface area contributed by atoms with Gasteiger partial charge in [-0.05, 0) is 57.0 Å². The summed E-state index contributed by atoms with van der Waals surface area (Å²) in [7, 11) is 0. The fourth-order valence-corrected chi connectivity index (χ4v) is 3.03. The minimum Gasteiger partial charge on any atom is -0.354 e. The van der Waals surface area contributed by atoms with Gasteiger partial charge in [0.15, 0.2) is 5.82 Å². The lowest BCUT2D eigenvalue weighted by Crippen LogP contribution is -2.38. The van der Waals surface area contributed by atoms with E-state index >= 15 is 0 Å². The fraction of sp³-hybridized carbons (Fsp3) is 0.300. The van der Waals surface area contributed by atoms with Crippen LogP contribution in [-0.2, 0) is 11.2 Å². The van der Waals surface area contributed by atoms with Gasteiger partial charge < -0.3 is 5.32 Å². The molecule has 3 aromatic rings. The predicted octanol–water partition coefficient (Wildman–Crippen LogP) is 2.62. The third kappa shape index (κ3) is 4.48. The summed E-state index contributed by atoms with van der Waals surface area (Å²) in [6, 6.07) is 11.6. The molecule has 0 bridgehead atoms. The van der Waals surface area contributed by atoms with Crippen LogP contribution in [0.25, 0.3) is 5.82 Å². The van der Waals surface area contributed by atoms with Crippen LogP contribution in [0.3, 0.4) is 0 Å². The van der Waals surface area contributed by atoms with Gasteiger partial charge in [0.1, 0.15) is 6.04 Å². The van der Waals surface area contributed by atoms with Crippen LogP contribution in [0.5, 0.6) is 0 Å². The van der Waals surface area contributed by atoms with Gasteiger partial charge in [-0.1, -0.05) is 23.7 Å². The molecular weight excluding hydrogens is 378 g/mol. The van der Waals surface area contributed by atoms with Crippen molar-refractivity contribution in [3.05, 3.63) is 74.8 Å². The van der Waals surface area contributed by atoms with Gasteiger partial charge in [0.2, 0.25) is 5.91 Å². The van der Waals surface area contributed by atoms with Gasteiger partial charge in [-0.25, -0.2) is 9.36 Å². The van der Waals surface area contributed by atoms with E-state index in [1.165, 1.54) is 10.7 Å². The van der Waals surface area contributed by atoms with Crippen molar-refractivity contribution < 1.29 is 4.79 Å². The molecule has 7 nitrogen and oxygen atoms in total. The topological polar surface area (TPSA) is 81.8 Å². The fourth-order valence-electron chi connectivity index (χ4n) is 2.91. The summed E-state index contributed by atoms with van der Waals surface area (Å²) >= 11 is 5.87. The van der Waals surface area contributed by atoms with E-state index in [9.17, 15) is 9.59 Å². The molecule has 0 aliphatic carbocycles. The molecule has 0 aliphatic rings. The van der Waals surface area contributed by atoms with Crippen LogP contribution in [0.1, 0.15) is 29.9 Å². The molecule has 2 heterocycles. The molecule has 0 saturated heterocycles. The van der Waals surface area contributed by atoms with Crippen LogP contribution in [0, 0.1) is 13.8 Å². The number of halogens is 1. The standard InChI is InChI=1S/C20H22ClN5O2/c1-13-12-14(2)25(23-13)18-8-9-19(27)26(24-18)15(3)20(28)22-11-10-16-4-6-17(21)7-5-16/h4-9,12,15H,10-11H2,1-3H3,(H,22,28). The highest BCUT2D eigenvalue weighted by Gasteiger charge is 2.18. The molecule has 2 aromatic heterocycles. The molecule has 0 saturated carbocycles. The highest BCUT2D eigenvalue weighted by Crippen LogP contribution is 2.11. The average Bonchev–Trinajstić information content (AvgIpc) is 3.01. The lowest BCUT2D eigenvalue weighted by atomic mass is 10.1. The first-order valence-electron chi connectivity index (χ1n) is 9.01. The molecule has 8 heteroatoms. The molecular formula is C20H22ClN5O2. The number of benzene rings is 1. The molecule has 1 N–H and O–H groups in total. The number of hydrogen-bond acceptors (Lipinski definition) is 4. The zero-order valence-electron chi connectivity index (χ0n) is 16.0. The van der Waals surface area contributed by atoms with Crippen molar-refractivity contribution in [2.45, 2.75) is 33.2 Å². The maximum absolute atomic E-state index is 12.5. The van der Waals surface area contributed by atoms with E-state index in [0.717, 1.165) is 17.0 Å². The van der Waals surface area contributed by atoms with Crippen molar-refractivity contribution in [3.63, 3.8) is 0 Å². The number of nitrogens with one attached hydrogen (secondary N) is 1. The van der Waals surface area contributed by atoms with Crippen molar-refractivity contribution in [2.24, 2.45) is 0 Å². The molecule has 1 unspecified atom stereocenters. The van der Waals surface area contributed by atoms with Gasteiger partial charge in [0.25, 0.3) is 5.56 Å². The lowest BCUT2D eigenvalue weighted by Gasteiger charge is -2.15. The third-order valence-corrected chi connectivity index (χ3v) is 4.66. The van der Waals surface area contributed by atoms with Crippen molar-refractivity contribution in [3.8, 4) is 5.82 Å². The summed E-state index contributed by atoms with van der Waals surface area (Å²) in [6.45, 7) is 5.90. The molecule has 28 heavy (non-hydrogen) atoms. The van der Waals surface area contributed by atoms with Gasteiger partial charge in [0.05, 0.1) is 5.69 Å². The summed E-state index contributed by atoms with van der Waals surface area (Å²) in [6.07, 6.45) is 0.670. The summed E-state index contributed by atoms with van der Waals surface area (Å²) in [5.41, 5.74) is 2.48. The molecule has 1 atom stereocenters. The molecule has 0 radical (unpaired) electrons. The molecule has 1 aromatic carbocycles. The van der Waals surface area contributed by atoms with Crippen LogP contribution in [0.4, 0.5) is 0 Å². The van der Waals surface area contributed by atoms with Gasteiger partial charge in [-0.2, -0.15) is 5.10 Å². The Balaban J connectivity index is 1.70. The quantitative estimate of drug-likeness (QED) is 0.690. The number of hydrogen-bond donors (Lipinski definition) is 1. The number of rotatable bonds is 6. The second kappa shape index (κ2) is 8.39. The smallest absolute Gasteiger partial charge is 0.267 e. The number of nitrogens with zero attached hydrogens (tertiary/aromatic N) is 4. The molecule has 0 fully saturated rings. The second-order valence-electron chi connectivity index (χ2n) is 6.66. The van der Waals surface area contributed by atoms with Gasteiger partial charge >= 0.3 is 0 Å². The first-order chi connectivity index (χ1) is 13.3. The molecule has 146 valence electrons. The Morgan fingerprint density at radius 1 is 1.14 bits per heavy atom. The molecule has 0 spiro atoms. The molecule has 0 aliphatic heterocycles. The molecule has 3 rings (SSSR count). The average molecular weight is 400 g/mol. The summed E-state index contributed by atoms with van der Waals surface area (Å²) < 4.78 is 2.83. The Morgan fingerprint density at radius 3 is 2.50 bits per heavy atom. The Hall–Kier alpha value is -2.93. The number of aromatic nitrogens is 4. The predicted molar refractivity (Wildman–Crippen MR) is 108 cm³/mol. The monoisotopic (exact) mass is 399 g/mol. The first kappa shape index (κ1) is 19.8. The third-order valence-electron chi connectivity index (χ3n) is 4.41. The van der Waals surface area contributed by atoms with Gasteiger partial charge in [0, 0.05) is 23.3 Å². The summed E-state index contributed by atoms with van der Waals surface area (Å²) in [5.74, 6) is 0.222. The minimum absolute atomic E-state index is 0.269. The largest absolute Gasteiger partial charge is 0.354 e. The summed E-state index contributed by atoms with van der Waals surface area (Å²) in [5, 5.41) is 12.2. The number of carbonyl (C=O) groups excluding carboxylic acids is 1. The Labute approximate surface area is 168 Å². The Bertz CT molecular complexity index is 1040. The zero-order chi connectivity index (χ0) is 20.3. The van der Waals surface area contributed by atoms with Crippen LogP contribution in [0.15, 0.2) is 47.3 Å². The maximum atomic E-state index is 12.5. The second-order valence-corrected chi connectivity index (χ2v) is 7.09. The van der Waals surface area contributed by atoms with E-state index in [-0.39, 0.29) is 11.5 Å². The van der Waals surface area contributed by atoms with Crippen LogP contribution in [0.2, 0.25) is 5.02 Å². The van der Waals surface area contributed by atoms with Gasteiger partial charge in [-0.15, -0.1) is 5.10 Å². The van der Waals surface area contributed by atoms with E-state index in [2.05, 4.69) is 15.5 Å². The zero-order valence-corrected chi connectivity index (χ0v) is 16.8. The summed E-state index contributed by atoms with van der Waals surface area (Å²) in [4.78, 5) is 24.7. The van der Waals surface area contributed by atoms with E-state index in [0.29, 0.717) is 23.8 Å². The van der Waals surface area contributed by atoms with Crippen molar-refractivity contribution in [1.29, 1.82) is 0 Å². The van der Waals surface area contributed by atoms with Crippen molar-refractivity contribution in [1.82, 2.24) is 24.9 Å². The number of aryl methyl sites for hydroxylation is 2. The van der Waals surface area contributed by atoms with Crippen LogP contribution in [-0.4, -0.2) is 32.0 Å². The van der Waals surface area contributed by atoms with Crippen molar-refractivity contribution >= 4 is 17.5 Å². The van der Waals surface area contributed by atoms with E-state index in [1.54, 1.807) is 17.7 Å². The highest BCUT2D eigenvalue weighted by molar-refractivity contribution is 6.30. The van der Waals surface area contributed by atoms with Gasteiger partial charge in [-0.3, -0.25) is 9.59 Å². The Morgan fingerprint density at radius 2 is 1.86 bits per heavy atom. The van der Waals surface area contributed by atoms with E-state index in [1.807, 2.05) is 44.2 Å². The van der Waals surface area contributed by atoms with Crippen molar-refractivity contribution in [2.75, 3.05) is 6.54 Å². The maximum Gasteiger partial charge on any atom is 0.267 e. The normalized spacial score (nSPS) is 12.0. The molecule has 1 amide bonds.